The van der Waals surface area contributed by atoms with Gasteiger partial charge in [0.2, 0.25) is 0 Å². The average Bonchev–Trinajstić information content (AvgIpc) is 3.59. The number of hydrogen-bond donors (Lipinski definition) is 0. The fourth-order valence-electron chi connectivity index (χ4n) is 5.37. The van der Waals surface area contributed by atoms with Gasteiger partial charge in [-0.1, -0.05) is 48.5 Å². The van der Waals surface area contributed by atoms with E-state index in [-0.39, 0.29) is 12.0 Å². The number of carbonyl (C=O) groups is 2. The topological polar surface area (TPSA) is 93.7 Å². The van der Waals surface area contributed by atoms with E-state index in [2.05, 4.69) is 35.2 Å². The third kappa shape index (κ3) is 9.46. The van der Waals surface area contributed by atoms with E-state index in [0.717, 1.165) is 40.4 Å². The second-order valence-corrected chi connectivity index (χ2v) is 12.1. The second kappa shape index (κ2) is 16.8. The van der Waals surface area contributed by atoms with Gasteiger partial charge in [-0.05, 0) is 54.3 Å². The van der Waals surface area contributed by atoms with Gasteiger partial charge in [-0.3, -0.25) is 9.69 Å². The summed E-state index contributed by atoms with van der Waals surface area (Å²) in [5, 5.41) is 2.70. The molecule has 47 heavy (non-hydrogen) atoms. The molecule has 0 aliphatic carbocycles. The Morgan fingerprint density at radius 3 is 2.23 bits per heavy atom. The minimum Gasteiger partial charge on any atom is -0.493 e. The Labute approximate surface area is 280 Å². The lowest BCUT2D eigenvalue weighted by Gasteiger charge is -2.33. The maximum atomic E-state index is 13.3. The minimum absolute atomic E-state index is 0.112. The van der Waals surface area contributed by atoms with Crippen LogP contribution in [0.4, 0.5) is 4.79 Å². The summed E-state index contributed by atoms with van der Waals surface area (Å²) in [6, 6.07) is 24.3. The predicted molar refractivity (Wildman–Crippen MR) is 181 cm³/mol. The quantitative estimate of drug-likeness (QED) is 0.166. The Balaban J connectivity index is 1.24. The minimum atomic E-state index is -0.335. The van der Waals surface area contributed by atoms with Crippen LogP contribution in [0.2, 0.25) is 0 Å². The van der Waals surface area contributed by atoms with Crippen molar-refractivity contribution >= 4 is 23.3 Å². The fourth-order valence-corrected chi connectivity index (χ4v) is 6.18. The summed E-state index contributed by atoms with van der Waals surface area (Å²) in [6.45, 7) is 6.49. The predicted octanol–water partition coefficient (Wildman–Crippen LogP) is 5.90. The summed E-state index contributed by atoms with van der Waals surface area (Å²) in [4.78, 5) is 35.8. The van der Waals surface area contributed by atoms with E-state index >= 15 is 0 Å². The molecule has 1 aliphatic heterocycles. The fraction of sp³-hybridized carbons (Fsp3) is 0.361. The lowest BCUT2D eigenvalue weighted by molar-refractivity contribution is 0.0566. The zero-order chi connectivity index (χ0) is 33.0. The number of piperazine rings is 1. The lowest BCUT2D eigenvalue weighted by atomic mass is 10.1. The SMILES string of the molecule is CCOC(=O)N1CCN(C(=O)c2csc(CN(CCc3ccc(OC)c(OC)c3)Cc3ccc(OCc4ccccc4)cc3)n2)CC1. The maximum absolute atomic E-state index is 13.3. The number of methoxy groups -OCH3 is 2. The molecule has 1 fully saturated rings. The molecule has 1 saturated heterocycles. The summed E-state index contributed by atoms with van der Waals surface area (Å²) in [6.07, 6.45) is 0.457. The maximum Gasteiger partial charge on any atom is 0.409 e. The van der Waals surface area contributed by atoms with Crippen LogP contribution in [0.25, 0.3) is 0 Å². The molecular formula is C36H42N4O6S. The van der Waals surface area contributed by atoms with Gasteiger partial charge in [0.1, 0.15) is 23.1 Å². The average molecular weight is 659 g/mol. The molecule has 0 atom stereocenters. The van der Waals surface area contributed by atoms with Gasteiger partial charge in [0.15, 0.2) is 11.5 Å². The second-order valence-electron chi connectivity index (χ2n) is 11.2. The van der Waals surface area contributed by atoms with Gasteiger partial charge < -0.3 is 28.7 Å². The first-order chi connectivity index (χ1) is 22.9. The monoisotopic (exact) mass is 658 g/mol. The highest BCUT2D eigenvalue weighted by atomic mass is 32.1. The molecule has 0 unspecified atom stereocenters. The van der Waals surface area contributed by atoms with E-state index in [0.29, 0.717) is 69.7 Å². The number of benzene rings is 3. The summed E-state index contributed by atoms with van der Waals surface area (Å²) in [5.74, 6) is 2.11. The van der Waals surface area contributed by atoms with E-state index in [4.69, 9.17) is 23.9 Å². The molecule has 2 amide bonds. The smallest absolute Gasteiger partial charge is 0.409 e. The number of nitrogens with zero attached hydrogens (tertiary/aromatic N) is 4. The number of carbonyl (C=O) groups excluding carboxylic acids is 2. The first kappa shape index (κ1) is 33.7. The Morgan fingerprint density at radius 2 is 1.53 bits per heavy atom. The van der Waals surface area contributed by atoms with Crippen LogP contribution in [-0.4, -0.2) is 85.2 Å². The molecule has 11 heteroatoms. The molecule has 5 rings (SSSR count). The van der Waals surface area contributed by atoms with Crippen LogP contribution in [-0.2, 0) is 30.9 Å². The molecule has 1 aliphatic rings. The highest BCUT2D eigenvalue weighted by molar-refractivity contribution is 7.09. The van der Waals surface area contributed by atoms with Crippen molar-refractivity contribution in [1.29, 1.82) is 0 Å². The van der Waals surface area contributed by atoms with E-state index in [1.807, 2.05) is 47.8 Å². The van der Waals surface area contributed by atoms with Gasteiger partial charge in [-0.2, -0.15) is 0 Å². The zero-order valence-corrected chi connectivity index (χ0v) is 28.0. The van der Waals surface area contributed by atoms with Crippen molar-refractivity contribution in [2.45, 2.75) is 33.0 Å². The summed E-state index contributed by atoms with van der Waals surface area (Å²) in [7, 11) is 3.27. The van der Waals surface area contributed by atoms with Crippen molar-refractivity contribution in [2.75, 3.05) is 53.6 Å². The molecule has 1 aromatic heterocycles. The first-order valence-electron chi connectivity index (χ1n) is 15.8. The summed E-state index contributed by atoms with van der Waals surface area (Å²) >= 11 is 1.49. The van der Waals surface area contributed by atoms with Gasteiger partial charge in [0.25, 0.3) is 5.91 Å². The summed E-state index contributed by atoms with van der Waals surface area (Å²) in [5.41, 5.74) is 3.85. The third-order valence-electron chi connectivity index (χ3n) is 7.97. The van der Waals surface area contributed by atoms with E-state index in [1.165, 1.54) is 11.3 Å². The van der Waals surface area contributed by atoms with Crippen LogP contribution in [0, 0.1) is 0 Å². The number of hydrogen-bond acceptors (Lipinski definition) is 9. The Hall–Kier alpha value is -4.61. The van der Waals surface area contributed by atoms with E-state index < -0.39 is 0 Å². The van der Waals surface area contributed by atoms with Crippen molar-refractivity contribution in [3.63, 3.8) is 0 Å². The highest BCUT2D eigenvalue weighted by Crippen LogP contribution is 2.28. The number of aromatic nitrogens is 1. The molecule has 0 saturated carbocycles. The van der Waals surface area contributed by atoms with Crippen molar-refractivity contribution in [1.82, 2.24) is 19.7 Å². The highest BCUT2D eigenvalue weighted by Gasteiger charge is 2.27. The number of rotatable bonds is 14. The van der Waals surface area contributed by atoms with E-state index in [9.17, 15) is 9.59 Å². The van der Waals surface area contributed by atoms with Crippen LogP contribution in [0.1, 0.15) is 39.1 Å². The number of amides is 2. The number of thiazole rings is 1. The van der Waals surface area contributed by atoms with Crippen molar-refractivity contribution in [2.24, 2.45) is 0 Å². The van der Waals surface area contributed by atoms with Gasteiger partial charge in [-0.15, -0.1) is 11.3 Å². The Morgan fingerprint density at radius 1 is 0.830 bits per heavy atom. The molecule has 248 valence electrons. The van der Waals surface area contributed by atoms with Crippen molar-refractivity contribution < 1.29 is 28.5 Å². The standard InChI is InChI=1S/C36H42N4O6S/c1-4-45-36(42)40-20-18-39(19-21-40)35(41)31-26-47-34(37-31)24-38(17-16-27-12-15-32(43-2)33(22-27)44-3)23-28-10-13-30(14-11-28)46-25-29-8-6-5-7-9-29/h5-15,22,26H,4,16-21,23-25H2,1-3H3. The number of ether oxygens (including phenoxy) is 4. The Bertz CT molecular complexity index is 1590. The lowest BCUT2D eigenvalue weighted by Crippen LogP contribution is -2.50. The third-order valence-corrected chi connectivity index (χ3v) is 8.80. The molecule has 10 nitrogen and oxygen atoms in total. The molecule has 0 spiro atoms. The molecule has 2 heterocycles. The van der Waals surface area contributed by atoms with Crippen LogP contribution in [0.5, 0.6) is 17.2 Å². The molecular weight excluding hydrogens is 616 g/mol. The molecule has 0 bridgehead atoms. The van der Waals surface area contributed by atoms with Gasteiger partial charge >= 0.3 is 6.09 Å². The molecule has 0 radical (unpaired) electrons. The molecule has 3 aromatic carbocycles. The zero-order valence-electron chi connectivity index (χ0n) is 27.2. The van der Waals surface area contributed by atoms with E-state index in [1.54, 1.807) is 30.9 Å². The van der Waals surface area contributed by atoms with Crippen molar-refractivity contribution in [3.8, 4) is 17.2 Å². The van der Waals surface area contributed by atoms with Crippen LogP contribution >= 0.6 is 11.3 Å². The van der Waals surface area contributed by atoms with Crippen LogP contribution < -0.4 is 14.2 Å². The largest absolute Gasteiger partial charge is 0.493 e. The van der Waals surface area contributed by atoms with Crippen molar-refractivity contribution in [3.05, 3.63) is 106 Å². The van der Waals surface area contributed by atoms with Gasteiger partial charge in [0.05, 0.1) is 27.4 Å². The summed E-state index contributed by atoms with van der Waals surface area (Å²) < 4.78 is 22.0. The molecule has 0 N–H and O–H groups in total. The van der Waals surface area contributed by atoms with Crippen LogP contribution in [0.15, 0.2) is 78.2 Å². The van der Waals surface area contributed by atoms with Gasteiger partial charge in [0, 0.05) is 44.6 Å². The Kier molecular flexibility index (Phi) is 12.1. The first-order valence-corrected chi connectivity index (χ1v) is 16.7. The normalized spacial score (nSPS) is 13.0. The molecule has 4 aromatic rings. The van der Waals surface area contributed by atoms with Gasteiger partial charge in [-0.25, -0.2) is 9.78 Å². The van der Waals surface area contributed by atoms with Crippen LogP contribution in [0.3, 0.4) is 0 Å².